The molecule has 2 N–H and O–H groups in total. The van der Waals surface area contributed by atoms with E-state index in [4.69, 9.17) is 5.73 Å². The molecule has 0 saturated carbocycles. The summed E-state index contributed by atoms with van der Waals surface area (Å²) in [5.74, 6) is 0.724. The van der Waals surface area contributed by atoms with Crippen molar-refractivity contribution in [2.75, 3.05) is 19.6 Å². The van der Waals surface area contributed by atoms with Crippen LogP contribution in [0.1, 0.15) is 38.8 Å². The zero-order valence-electron chi connectivity index (χ0n) is 11.7. The van der Waals surface area contributed by atoms with Crippen LogP contribution in [0.3, 0.4) is 0 Å². The summed E-state index contributed by atoms with van der Waals surface area (Å²) in [6, 6.07) is 9.04. The van der Waals surface area contributed by atoms with Gasteiger partial charge in [-0.3, -0.25) is 4.90 Å². The molecule has 2 atom stereocenters. The normalized spacial score (nSPS) is 14.8. The molecule has 2 nitrogen and oxygen atoms in total. The van der Waals surface area contributed by atoms with E-state index in [0.29, 0.717) is 12.6 Å². The van der Waals surface area contributed by atoms with Gasteiger partial charge in [-0.15, -0.1) is 0 Å². The highest BCUT2D eigenvalue weighted by molar-refractivity contribution is 14.1. The molecule has 0 spiro atoms. The molecule has 102 valence electrons. The number of halogens is 1. The minimum atomic E-state index is 0.346. The molecule has 0 heterocycles. The highest BCUT2D eigenvalue weighted by Gasteiger charge is 2.19. The standard InChI is InChI=1S/C15H25IN2/c1-4-12(3)11-18(5-2)15(10-17)13-7-6-8-14(16)9-13/h6-9,12,15H,4-5,10-11,17H2,1-3H3. The van der Waals surface area contributed by atoms with Crippen LogP contribution >= 0.6 is 22.6 Å². The molecule has 18 heavy (non-hydrogen) atoms. The predicted molar refractivity (Wildman–Crippen MR) is 87.7 cm³/mol. The first kappa shape index (κ1) is 15.9. The van der Waals surface area contributed by atoms with Gasteiger partial charge in [-0.2, -0.15) is 0 Å². The molecule has 1 aromatic carbocycles. The molecule has 0 amide bonds. The zero-order valence-corrected chi connectivity index (χ0v) is 13.9. The van der Waals surface area contributed by atoms with Gasteiger partial charge in [-0.25, -0.2) is 0 Å². The van der Waals surface area contributed by atoms with Gasteiger partial charge in [0.15, 0.2) is 0 Å². The van der Waals surface area contributed by atoms with Gasteiger partial charge in [0.1, 0.15) is 0 Å². The number of nitrogens with two attached hydrogens (primary N) is 1. The lowest BCUT2D eigenvalue weighted by Crippen LogP contribution is -2.36. The average Bonchev–Trinajstić information content (AvgIpc) is 2.38. The van der Waals surface area contributed by atoms with E-state index in [9.17, 15) is 0 Å². The molecule has 1 rings (SSSR count). The van der Waals surface area contributed by atoms with E-state index >= 15 is 0 Å². The fourth-order valence-electron chi connectivity index (χ4n) is 2.22. The van der Waals surface area contributed by atoms with Gasteiger partial charge in [-0.1, -0.05) is 39.3 Å². The van der Waals surface area contributed by atoms with Gasteiger partial charge in [-0.05, 0) is 52.7 Å². The molecule has 1 aromatic rings. The maximum atomic E-state index is 6.00. The number of nitrogens with zero attached hydrogens (tertiary/aromatic N) is 1. The molecule has 0 aromatic heterocycles. The third kappa shape index (κ3) is 4.52. The molecule has 0 bridgehead atoms. The quantitative estimate of drug-likeness (QED) is 0.752. The fourth-order valence-corrected chi connectivity index (χ4v) is 2.78. The van der Waals surface area contributed by atoms with E-state index in [-0.39, 0.29) is 0 Å². The molecule has 0 radical (unpaired) electrons. The zero-order chi connectivity index (χ0) is 13.5. The van der Waals surface area contributed by atoms with Crippen molar-refractivity contribution in [1.29, 1.82) is 0 Å². The third-order valence-electron chi connectivity index (χ3n) is 3.55. The number of benzene rings is 1. The second kappa shape index (κ2) is 8.12. The summed E-state index contributed by atoms with van der Waals surface area (Å²) in [6.45, 7) is 9.65. The number of rotatable bonds is 7. The topological polar surface area (TPSA) is 29.3 Å². The van der Waals surface area contributed by atoms with Gasteiger partial charge in [0.05, 0.1) is 0 Å². The van der Waals surface area contributed by atoms with Crippen molar-refractivity contribution in [3.05, 3.63) is 33.4 Å². The van der Waals surface area contributed by atoms with Crippen LogP contribution in [0.15, 0.2) is 24.3 Å². The second-order valence-corrected chi connectivity index (χ2v) is 6.15. The summed E-state index contributed by atoms with van der Waals surface area (Å²) < 4.78 is 1.28. The summed E-state index contributed by atoms with van der Waals surface area (Å²) in [7, 11) is 0. The summed E-state index contributed by atoms with van der Waals surface area (Å²) in [6.07, 6.45) is 1.22. The van der Waals surface area contributed by atoms with Crippen molar-refractivity contribution < 1.29 is 0 Å². The van der Waals surface area contributed by atoms with E-state index < -0.39 is 0 Å². The Balaban J connectivity index is 2.85. The van der Waals surface area contributed by atoms with Crippen molar-refractivity contribution in [3.8, 4) is 0 Å². The van der Waals surface area contributed by atoms with Crippen molar-refractivity contribution in [2.45, 2.75) is 33.2 Å². The Kier molecular flexibility index (Phi) is 7.19. The van der Waals surface area contributed by atoms with E-state index in [1.807, 2.05) is 0 Å². The number of likely N-dealkylation sites (N-methyl/N-ethyl adjacent to an activating group) is 1. The lowest BCUT2D eigenvalue weighted by atomic mass is 10.0. The number of hydrogen-bond donors (Lipinski definition) is 1. The minimum Gasteiger partial charge on any atom is -0.329 e. The first-order valence-corrected chi connectivity index (χ1v) is 7.89. The van der Waals surface area contributed by atoms with Gasteiger partial charge in [0.2, 0.25) is 0 Å². The lowest BCUT2D eigenvalue weighted by molar-refractivity contribution is 0.182. The van der Waals surface area contributed by atoms with Crippen molar-refractivity contribution in [1.82, 2.24) is 4.90 Å². The van der Waals surface area contributed by atoms with Crippen LogP contribution in [-0.2, 0) is 0 Å². The molecule has 0 aliphatic carbocycles. The second-order valence-electron chi connectivity index (χ2n) is 4.91. The molecular weight excluding hydrogens is 335 g/mol. The maximum absolute atomic E-state index is 6.00. The molecule has 0 fully saturated rings. The summed E-state index contributed by atoms with van der Waals surface area (Å²) in [5, 5.41) is 0. The van der Waals surface area contributed by atoms with Crippen LogP contribution in [0, 0.1) is 9.49 Å². The molecule has 2 unspecified atom stereocenters. The fraction of sp³-hybridized carbons (Fsp3) is 0.600. The van der Waals surface area contributed by atoms with E-state index in [1.54, 1.807) is 0 Å². The Morgan fingerprint density at radius 2 is 2.06 bits per heavy atom. The van der Waals surface area contributed by atoms with Crippen molar-refractivity contribution >= 4 is 22.6 Å². The van der Waals surface area contributed by atoms with Crippen LogP contribution in [0.25, 0.3) is 0 Å². The van der Waals surface area contributed by atoms with Gasteiger partial charge in [0, 0.05) is 22.7 Å². The smallest absolute Gasteiger partial charge is 0.0470 e. The minimum absolute atomic E-state index is 0.346. The molecule has 3 heteroatoms. The van der Waals surface area contributed by atoms with Gasteiger partial charge >= 0.3 is 0 Å². The van der Waals surface area contributed by atoms with Crippen LogP contribution in [0.2, 0.25) is 0 Å². The Labute approximate surface area is 125 Å². The molecule has 0 aliphatic rings. The number of hydrogen-bond acceptors (Lipinski definition) is 2. The van der Waals surface area contributed by atoms with Crippen LogP contribution in [-0.4, -0.2) is 24.5 Å². The summed E-state index contributed by atoms with van der Waals surface area (Å²) in [5.41, 5.74) is 7.35. The summed E-state index contributed by atoms with van der Waals surface area (Å²) >= 11 is 2.36. The molecule has 0 aliphatic heterocycles. The first-order chi connectivity index (χ1) is 8.62. The first-order valence-electron chi connectivity index (χ1n) is 6.81. The van der Waals surface area contributed by atoms with Crippen LogP contribution in [0.5, 0.6) is 0 Å². The average molecular weight is 360 g/mol. The van der Waals surface area contributed by atoms with Crippen molar-refractivity contribution in [2.24, 2.45) is 11.7 Å². The largest absolute Gasteiger partial charge is 0.329 e. The Hall–Kier alpha value is -0.130. The molecule has 0 saturated heterocycles. The van der Waals surface area contributed by atoms with E-state index in [0.717, 1.165) is 19.0 Å². The van der Waals surface area contributed by atoms with Crippen LogP contribution < -0.4 is 5.73 Å². The third-order valence-corrected chi connectivity index (χ3v) is 4.22. The lowest BCUT2D eigenvalue weighted by Gasteiger charge is -2.32. The maximum Gasteiger partial charge on any atom is 0.0470 e. The highest BCUT2D eigenvalue weighted by Crippen LogP contribution is 2.22. The Morgan fingerprint density at radius 3 is 2.56 bits per heavy atom. The van der Waals surface area contributed by atoms with E-state index in [2.05, 4.69) is 72.5 Å². The Bertz CT molecular complexity index is 354. The molecular formula is C15H25IN2. The SMILES string of the molecule is CCC(C)CN(CC)C(CN)c1cccc(I)c1. The van der Waals surface area contributed by atoms with Crippen molar-refractivity contribution in [3.63, 3.8) is 0 Å². The predicted octanol–water partition coefficient (Wildman–Crippen LogP) is 3.66. The van der Waals surface area contributed by atoms with Crippen LogP contribution in [0.4, 0.5) is 0 Å². The highest BCUT2D eigenvalue weighted by atomic mass is 127. The summed E-state index contributed by atoms with van der Waals surface area (Å²) in [4.78, 5) is 2.50. The van der Waals surface area contributed by atoms with E-state index in [1.165, 1.54) is 15.6 Å². The Morgan fingerprint density at radius 1 is 1.33 bits per heavy atom. The monoisotopic (exact) mass is 360 g/mol. The van der Waals surface area contributed by atoms with Gasteiger partial charge in [0.25, 0.3) is 0 Å². The van der Waals surface area contributed by atoms with Gasteiger partial charge < -0.3 is 5.73 Å².